The van der Waals surface area contributed by atoms with Crippen molar-refractivity contribution in [2.75, 3.05) is 11.9 Å². The van der Waals surface area contributed by atoms with Gasteiger partial charge >= 0.3 is 12.1 Å². The van der Waals surface area contributed by atoms with Crippen LogP contribution in [0, 0.1) is 0 Å². The molecule has 8 nitrogen and oxygen atoms in total. The van der Waals surface area contributed by atoms with Gasteiger partial charge in [0.05, 0.1) is 5.69 Å². The van der Waals surface area contributed by atoms with Crippen molar-refractivity contribution in [3.05, 3.63) is 24.3 Å². The van der Waals surface area contributed by atoms with E-state index in [0.717, 1.165) is 0 Å². The molecule has 0 spiro atoms. The van der Waals surface area contributed by atoms with Crippen molar-refractivity contribution in [2.24, 2.45) is 0 Å². The van der Waals surface area contributed by atoms with E-state index in [1.54, 1.807) is 52.1 Å². The van der Waals surface area contributed by atoms with Gasteiger partial charge in [-0.25, -0.2) is 9.59 Å². The fourth-order valence-corrected chi connectivity index (χ4v) is 2.41. The van der Waals surface area contributed by atoms with Crippen molar-refractivity contribution >= 4 is 23.7 Å². The van der Waals surface area contributed by atoms with E-state index in [1.165, 1.54) is 4.90 Å². The van der Waals surface area contributed by atoms with Gasteiger partial charge < -0.3 is 24.8 Å². The van der Waals surface area contributed by atoms with Gasteiger partial charge in [-0.3, -0.25) is 4.79 Å². The van der Waals surface area contributed by atoms with Gasteiger partial charge in [0.25, 0.3) is 5.91 Å². The summed E-state index contributed by atoms with van der Waals surface area (Å²) in [6, 6.07) is 5.64. The van der Waals surface area contributed by atoms with Gasteiger partial charge in [-0.2, -0.15) is 0 Å². The zero-order valence-electron chi connectivity index (χ0n) is 14.6. The number of alkyl carbamates (subject to hydrolysis) is 1. The van der Waals surface area contributed by atoms with Crippen molar-refractivity contribution in [3.8, 4) is 5.75 Å². The van der Waals surface area contributed by atoms with Gasteiger partial charge in [0.2, 0.25) is 0 Å². The minimum atomic E-state index is -1.32. The molecule has 0 saturated heterocycles. The Labute approximate surface area is 145 Å². The maximum atomic E-state index is 12.4. The number of nitrogens with zero attached hydrogens (tertiary/aromatic N) is 1. The number of carboxylic acids is 1. The van der Waals surface area contributed by atoms with E-state index in [4.69, 9.17) is 9.47 Å². The number of carbonyl (C=O) groups is 3. The van der Waals surface area contributed by atoms with E-state index < -0.39 is 29.8 Å². The van der Waals surface area contributed by atoms with Gasteiger partial charge in [-0.1, -0.05) is 12.1 Å². The first-order valence-electron chi connectivity index (χ1n) is 7.84. The lowest BCUT2D eigenvalue weighted by molar-refractivity contribution is -0.140. The number of anilines is 1. The van der Waals surface area contributed by atoms with Crippen LogP contribution in [-0.2, 0) is 14.3 Å². The Kier molecular flexibility index (Phi) is 5.20. The highest BCUT2D eigenvalue weighted by molar-refractivity contribution is 6.00. The number of hydrogen-bond acceptors (Lipinski definition) is 5. The molecule has 1 heterocycles. The topological polar surface area (TPSA) is 105 Å². The molecule has 2 atom stereocenters. The van der Waals surface area contributed by atoms with Gasteiger partial charge in [0, 0.05) is 13.5 Å². The summed E-state index contributed by atoms with van der Waals surface area (Å²) in [5.74, 6) is -1.17. The predicted molar refractivity (Wildman–Crippen MR) is 89.7 cm³/mol. The first kappa shape index (κ1) is 18.6. The molecule has 0 unspecified atom stereocenters. The molecule has 0 fully saturated rings. The second-order valence-electron chi connectivity index (χ2n) is 6.74. The van der Waals surface area contributed by atoms with Crippen LogP contribution in [0.4, 0.5) is 10.5 Å². The van der Waals surface area contributed by atoms with Crippen molar-refractivity contribution in [2.45, 2.75) is 44.9 Å². The molecule has 2 N–H and O–H groups in total. The average Bonchev–Trinajstić information content (AvgIpc) is 2.49. The average molecular weight is 350 g/mol. The molecule has 0 bridgehead atoms. The highest BCUT2D eigenvalue weighted by Crippen LogP contribution is 2.33. The number of hydrogen-bond donors (Lipinski definition) is 2. The summed E-state index contributed by atoms with van der Waals surface area (Å²) in [5, 5.41) is 11.6. The molecule has 0 radical (unpaired) electrons. The molecule has 8 heteroatoms. The molecular formula is C17H22N2O6. The molecule has 1 aromatic carbocycles. The Morgan fingerprint density at radius 1 is 1.36 bits per heavy atom. The zero-order chi connectivity index (χ0) is 18.8. The van der Waals surface area contributed by atoms with E-state index in [9.17, 15) is 19.5 Å². The molecule has 2 rings (SSSR count). The van der Waals surface area contributed by atoms with Gasteiger partial charge in [-0.15, -0.1) is 0 Å². The highest BCUT2D eigenvalue weighted by Gasteiger charge is 2.36. The zero-order valence-corrected chi connectivity index (χ0v) is 14.6. The number of para-hydroxylation sites is 2. The molecule has 1 aliphatic rings. The number of rotatable bonds is 4. The number of carboxylic acid groups (broad SMARTS) is 1. The normalized spacial score (nSPS) is 18.0. The second kappa shape index (κ2) is 7.00. The SMILES string of the molecule is CN1C(=O)[C@H](C[C@H](NC(=O)OC(C)(C)C)C(=O)O)Oc2ccccc21. The maximum absolute atomic E-state index is 12.4. The Hall–Kier alpha value is -2.77. The number of likely N-dealkylation sites (N-methyl/N-ethyl adjacent to an activating group) is 1. The lowest BCUT2D eigenvalue weighted by Gasteiger charge is -2.33. The van der Waals surface area contributed by atoms with E-state index in [0.29, 0.717) is 11.4 Å². The summed E-state index contributed by atoms with van der Waals surface area (Å²) < 4.78 is 10.7. The monoisotopic (exact) mass is 350 g/mol. The number of carbonyl (C=O) groups excluding carboxylic acids is 2. The lowest BCUT2D eigenvalue weighted by Crippen LogP contribution is -2.50. The highest BCUT2D eigenvalue weighted by atomic mass is 16.6. The van der Waals surface area contributed by atoms with E-state index in [2.05, 4.69) is 5.32 Å². The molecule has 2 amide bonds. The van der Waals surface area contributed by atoms with Crippen LogP contribution in [-0.4, -0.2) is 47.9 Å². The molecule has 136 valence electrons. The molecule has 0 saturated carbocycles. The van der Waals surface area contributed by atoms with Crippen molar-refractivity contribution in [3.63, 3.8) is 0 Å². The number of amides is 2. The lowest BCUT2D eigenvalue weighted by atomic mass is 10.1. The van der Waals surface area contributed by atoms with Crippen LogP contribution in [0.25, 0.3) is 0 Å². The van der Waals surface area contributed by atoms with Crippen LogP contribution in [0.15, 0.2) is 24.3 Å². The Balaban J connectivity index is 2.11. The molecule has 1 aromatic rings. The first-order valence-corrected chi connectivity index (χ1v) is 7.84. The first-order chi connectivity index (χ1) is 11.6. The minimum absolute atomic E-state index is 0.216. The summed E-state index contributed by atoms with van der Waals surface area (Å²) in [4.78, 5) is 37.1. The number of ether oxygens (including phenoxy) is 2. The van der Waals surface area contributed by atoms with Gasteiger partial charge in [0.1, 0.15) is 17.4 Å². The van der Waals surface area contributed by atoms with E-state index >= 15 is 0 Å². The Morgan fingerprint density at radius 2 is 2.00 bits per heavy atom. The Bertz CT molecular complexity index is 682. The molecule has 0 aliphatic carbocycles. The predicted octanol–water partition coefficient (Wildman–Crippen LogP) is 1.78. The molecule has 1 aliphatic heterocycles. The fraction of sp³-hybridized carbons (Fsp3) is 0.471. The van der Waals surface area contributed by atoms with Gasteiger partial charge in [0.15, 0.2) is 6.10 Å². The summed E-state index contributed by atoms with van der Waals surface area (Å²) in [6.45, 7) is 5.01. The number of aliphatic carboxylic acids is 1. The second-order valence-corrected chi connectivity index (χ2v) is 6.74. The summed E-state index contributed by atoms with van der Waals surface area (Å²) >= 11 is 0. The fourth-order valence-electron chi connectivity index (χ4n) is 2.41. The largest absolute Gasteiger partial charge is 0.480 e. The molecule has 25 heavy (non-hydrogen) atoms. The third kappa shape index (κ3) is 4.62. The van der Waals surface area contributed by atoms with Crippen LogP contribution < -0.4 is 15.0 Å². The standard InChI is InChI=1S/C17H22N2O6/c1-17(2,3)25-16(23)18-10(15(21)22)9-13-14(20)19(4)11-7-5-6-8-12(11)24-13/h5-8,10,13H,9H2,1-4H3,(H,18,23)(H,21,22)/t10-,13-/m0/s1. The van der Waals surface area contributed by atoms with Crippen LogP contribution >= 0.6 is 0 Å². The van der Waals surface area contributed by atoms with Crippen molar-refractivity contribution < 1.29 is 29.0 Å². The smallest absolute Gasteiger partial charge is 0.408 e. The molecule has 0 aromatic heterocycles. The van der Waals surface area contributed by atoms with Crippen LogP contribution in [0.2, 0.25) is 0 Å². The van der Waals surface area contributed by atoms with Crippen molar-refractivity contribution in [1.82, 2.24) is 5.32 Å². The van der Waals surface area contributed by atoms with E-state index in [1.807, 2.05) is 0 Å². The number of benzene rings is 1. The summed E-state index contributed by atoms with van der Waals surface area (Å²) in [6.07, 6.45) is -2.10. The van der Waals surface area contributed by atoms with Gasteiger partial charge in [-0.05, 0) is 32.9 Å². The Morgan fingerprint density at radius 3 is 2.60 bits per heavy atom. The van der Waals surface area contributed by atoms with E-state index in [-0.39, 0.29) is 12.3 Å². The van der Waals surface area contributed by atoms with Crippen LogP contribution in [0.3, 0.4) is 0 Å². The third-order valence-electron chi connectivity index (χ3n) is 3.54. The summed E-state index contributed by atoms with van der Waals surface area (Å²) in [7, 11) is 1.59. The van der Waals surface area contributed by atoms with Crippen molar-refractivity contribution in [1.29, 1.82) is 0 Å². The number of fused-ring (bicyclic) bond motifs is 1. The number of nitrogens with one attached hydrogen (secondary N) is 1. The minimum Gasteiger partial charge on any atom is -0.480 e. The van der Waals surface area contributed by atoms with Crippen LogP contribution in [0.1, 0.15) is 27.2 Å². The third-order valence-corrected chi connectivity index (χ3v) is 3.54. The van der Waals surface area contributed by atoms with Crippen LogP contribution in [0.5, 0.6) is 5.75 Å². The summed E-state index contributed by atoms with van der Waals surface area (Å²) in [5.41, 5.74) is -0.153. The quantitative estimate of drug-likeness (QED) is 0.857. The maximum Gasteiger partial charge on any atom is 0.408 e. The molecular weight excluding hydrogens is 328 g/mol.